The summed E-state index contributed by atoms with van der Waals surface area (Å²) >= 11 is 0. The van der Waals surface area contributed by atoms with Gasteiger partial charge in [-0.15, -0.1) is 0 Å². The van der Waals surface area contributed by atoms with Crippen LogP contribution in [0.15, 0.2) is 72.3 Å². The zero-order valence-electron chi connectivity index (χ0n) is 23.2. The average Bonchev–Trinajstić information content (AvgIpc) is 3.23. The van der Waals surface area contributed by atoms with E-state index in [4.69, 9.17) is 21.9 Å². The number of nitrogens with two attached hydrogens (primary N) is 3. The predicted molar refractivity (Wildman–Crippen MR) is 157 cm³/mol. The summed E-state index contributed by atoms with van der Waals surface area (Å²) in [4.78, 5) is 6.31. The lowest BCUT2D eigenvalue weighted by molar-refractivity contribution is 0.209. The molecule has 1 aromatic carbocycles. The SMILES string of the molecule is CC.Cc1ccc(OCC2CCNCC2)nc1.NC(N)=C(/C=C(\N)c1ccccc1O)N1CC=CCCC1. The second-order valence-corrected chi connectivity index (χ2v) is 9.20. The maximum atomic E-state index is 9.86. The minimum atomic E-state index is 0.136. The Morgan fingerprint density at radius 1 is 1.11 bits per heavy atom. The molecule has 1 fully saturated rings. The van der Waals surface area contributed by atoms with Crippen LogP contribution in [0.5, 0.6) is 11.6 Å². The Kier molecular flexibility index (Phi) is 13.7. The highest BCUT2D eigenvalue weighted by molar-refractivity contribution is 5.69. The van der Waals surface area contributed by atoms with Gasteiger partial charge >= 0.3 is 0 Å². The van der Waals surface area contributed by atoms with E-state index >= 15 is 0 Å². The van der Waals surface area contributed by atoms with Crippen molar-refractivity contribution in [3.8, 4) is 11.6 Å². The maximum absolute atomic E-state index is 9.86. The Morgan fingerprint density at radius 2 is 1.84 bits per heavy atom. The lowest BCUT2D eigenvalue weighted by Crippen LogP contribution is -2.30. The highest BCUT2D eigenvalue weighted by Gasteiger charge is 2.14. The Balaban J connectivity index is 0.000000262. The van der Waals surface area contributed by atoms with Gasteiger partial charge in [0, 0.05) is 36.6 Å². The highest BCUT2D eigenvalue weighted by Crippen LogP contribution is 2.23. The molecule has 8 heteroatoms. The summed E-state index contributed by atoms with van der Waals surface area (Å²) in [5, 5.41) is 13.2. The van der Waals surface area contributed by atoms with Crippen molar-refractivity contribution in [3.05, 3.63) is 83.5 Å². The molecule has 0 saturated carbocycles. The van der Waals surface area contributed by atoms with Crippen LogP contribution in [0, 0.1) is 12.8 Å². The van der Waals surface area contributed by atoms with Gasteiger partial charge < -0.3 is 37.3 Å². The van der Waals surface area contributed by atoms with Crippen molar-refractivity contribution in [2.75, 3.05) is 32.8 Å². The Morgan fingerprint density at radius 3 is 2.50 bits per heavy atom. The maximum Gasteiger partial charge on any atom is 0.213 e. The lowest BCUT2D eigenvalue weighted by atomic mass is 9.99. The number of hydrogen-bond acceptors (Lipinski definition) is 8. The van der Waals surface area contributed by atoms with Gasteiger partial charge in [-0.05, 0) is 75.4 Å². The number of para-hydroxylation sites is 1. The number of aromatic nitrogens is 1. The molecule has 0 atom stereocenters. The number of hydrogen-bond donors (Lipinski definition) is 5. The number of aryl methyl sites for hydroxylation is 1. The zero-order valence-corrected chi connectivity index (χ0v) is 23.2. The normalized spacial score (nSPS) is 15.8. The quantitative estimate of drug-likeness (QED) is 0.281. The number of nitrogens with zero attached hydrogens (tertiary/aromatic N) is 2. The van der Waals surface area contributed by atoms with Crippen LogP contribution >= 0.6 is 0 Å². The first kappa shape index (κ1) is 30.6. The van der Waals surface area contributed by atoms with Crippen molar-refractivity contribution in [2.45, 2.75) is 46.5 Å². The van der Waals surface area contributed by atoms with Gasteiger partial charge in [0.1, 0.15) is 11.6 Å². The van der Waals surface area contributed by atoms with E-state index in [1.165, 1.54) is 18.4 Å². The Labute approximate surface area is 228 Å². The van der Waals surface area contributed by atoms with Crippen LogP contribution < -0.4 is 27.3 Å². The first-order valence-electron chi connectivity index (χ1n) is 13.6. The Hall–Kier alpha value is -3.65. The van der Waals surface area contributed by atoms with Crippen molar-refractivity contribution < 1.29 is 9.84 Å². The van der Waals surface area contributed by atoms with Gasteiger partial charge in [0.25, 0.3) is 0 Å². The number of benzene rings is 1. The summed E-state index contributed by atoms with van der Waals surface area (Å²) in [7, 11) is 0. The van der Waals surface area contributed by atoms with Crippen molar-refractivity contribution >= 4 is 5.70 Å². The van der Waals surface area contributed by atoms with Gasteiger partial charge in [-0.3, -0.25) is 0 Å². The van der Waals surface area contributed by atoms with Crippen LogP contribution in [0.25, 0.3) is 5.70 Å². The van der Waals surface area contributed by atoms with Crippen LogP contribution in [-0.4, -0.2) is 47.8 Å². The third kappa shape index (κ3) is 10.4. The summed E-state index contributed by atoms with van der Waals surface area (Å²) in [6.45, 7) is 10.7. The molecule has 8 N–H and O–H groups in total. The number of phenolic OH excluding ortho intramolecular Hbond substituents is 1. The standard InChI is InChI=1S/C16H22N4O.C12H18N2O.C2H6/c17-13(12-7-3-4-8-15(12)21)11-14(16(18)19)20-9-5-1-2-6-10-20;1-10-2-3-12(14-8-10)15-9-11-4-6-13-7-5-11;1-2/h1,3-5,7-8,11,21H,2,6,9-10,17-19H2;2-3,8,11,13H,4-7,9H2,1H3;1-2H3/b13-11-;;. The molecule has 38 heavy (non-hydrogen) atoms. The number of aromatic hydroxyl groups is 1. The minimum absolute atomic E-state index is 0.136. The first-order valence-corrected chi connectivity index (χ1v) is 13.6. The van der Waals surface area contributed by atoms with E-state index in [1.807, 2.05) is 45.2 Å². The van der Waals surface area contributed by atoms with Gasteiger partial charge in [-0.1, -0.05) is 44.2 Å². The topological polar surface area (TPSA) is 136 Å². The van der Waals surface area contributed by atoms with Crippen LogP contribution in [-0.2, 0) is 0 Å². The minimum Gasteiger partial charge on any atom is -0.507 e. The number of piperidine rings is 1. The fourth-order valence-electron chi connectivity index (χ4n) is 4.12. The summed E-state index contributed by atoms with van der Waals surface area (Å²) in [5.74, 6) is 1.80. The van der Waals surface area contributed by atoms with E-state index in [0.29, 0.717) is 22.9 Å². The number of ether oxygens (including phenoxy) is 1. The van der Waals surface area contributed by atoms with E-state index in [0.717, 1.165) is 51.5 Å². The molecule has 1 saturated heterocycles. The molecule has 0 spiro atoms. The summed E-state index contributed by atoms with van der Waals surface area (Å²) < 4.78 is 5.66. The average molecular weight is 523 g/mol. The molecule has 0 unspecified atom stereocenters. The van der Waals surface area contributed by atoms with Crippen LogP contribution in [0.1, 0.15) is 50.7 Å². The van der Waals surface area contributed by atoms with Gasteiger partial charge in [0.2, 0.25) is 5.88 Å². The van der Waals surface area contributed by atoms with E-state index in [-0.39, 0.29) is 11.6 Å². The van der Waals surface area contributed by atoms with Crippen LogP contribution in [0.3, 0.4) is 0 Å². The molecule has 8 nitrogen and oxygen atoms in total. The van der Waals surface area contributed by atoms with Crippen molar-refractivity contribution in [2.24, 2.45) is 23.1 Å². The van der Waals surface area contributed by atoms with Crippen molar-refractivity contribution in [3.63, 3.8) is 0 Å². The van der Waals surface area contributed by atoms with Crippen molar-refractivity contribution in [1.82, 2.24) is 15.2 Å². The molecule has 0 radical (unpaired) electrons. The molecule has 4 rings (SSSR count). The molecule has 2 aliphatic rings. The van der Waals surface area contributed by atoms with E-state index < -0.39 is 0 Å². The largest absolute Gasteiger partial charge is 0.507 e. The summed E-state index contributed by atoms with van der Waals surface area (Å²) in [6.07, 6.45) is 12.3. The van der Waals surface area contributed by atoms with E-state index in [1.54, 1.807) is 24.3 Å². The van der Waals surface area contributed by atoms with Gasteiger partial charge in [-0.25, -0.2) is 4.98 Å². The van der Waals surface area contributed by atoms with Gasteiger partial charge in [-0.2, -0.15) is 0 Å². The molecule has 1 aromatic heterocycles. The zero-order chi connectivity index (χ0) is 27.8. The fourth-order valence-corrected chi connectivity index (χ4v) is 4.12. The molecular formula is C30H46N6O2. The molecule has 0 aliphatic carbocycles. The number of rotatable bonds is 6. The molecule has 2 aliphatic heterocycles. The lowest BCUT2D eigenvalue weighted by Gasteiger charge is -2.24. The van der Waals surface area contributed by atoms with Crippen molar-refractivity contribution in [1.29, 1.82) is 0 Å². The number of allylic oxidation sites excluding steroid dienone is 2. The van der Waals surface area contributed by atoms with Crippen LogP contribution in [0.4, 0.5) is 0 Å². The predicted octanol–water partition coefficient (Wildman–Crippen LogP) is 4.22. The highest BCUT2D eigenvalue weighted by atomic mass is 16.5. The molecule has 3 heterocycles. The number of nitrogens with one attached hydrogen (secondary N) is 1. The summed E-state index contributed by atoms with van der Waals surface area (Å²) in [5.41, 5.74) is 20.6. The third-order valence-corrected chi connectivity index (χ3v) is 6.24. The molecule has 208 valence electrons. The molecular weight excluding hydrogens is 476 g/mol. The number of phenols is 1. The molecule has 2 aromatic rings. The van der Waals surface area contributed by atoms with Gasteiger partial charge in [0.15, 0.2) is 0 Å². The second kappa shape index (κ2) is 17.0. The van der Waals surface area contributed by atoms with Crippen LogP contribution in [0.2, 0.25) is 0 Å². The smallest absolute Gasteiger partial charge is 0.213 e. The monoisotopic (exact) mass is 522 g/mol. The Bertz CT molecular complexity index is 1040. The number of pyridine rings is 1. The third-order valence-electron chi connectivity index (χ3n) is 6.24. The van der Waals surface area contributed by atoms with E-state index in [9.17, 15) is 5.11 Å². The second-order valence-electron chi connectivity index (χ2n) is 9.20. The van der Waals surface area contributed by atoms with Gasteiger partial charge in [0.05, 0.1) is 12.3 Å². The summed E-state index contributed by atoms with van der Waals surface area (Å²) in [6, 6.07) is 10.9. The first-order chi connectivity index (χ1) is 18.4. The fraction of sp³-hybridized carbons (Fsp3) is 0.433. The molecule has 0 amide bonds. The molecule has 0 bridgehead atoms. The van der Waals surface area contributed by atoms with E-state index in [2.05, 4.69) is 27.4 Å².